The van der Waals surface area contributed by atoms with E-state index in [0.29, 0.717) is 10.9 Å². The topological polar surface area (TPSA) is 0 Å². The van der Waals surface area contributed by atoms with Crippen LogP contribution in [0, 0.1) is 5.82 Å². The highest BCUT2D eigenvalue weighted by molar-refractivity contribution is 7.41. The second kappa shape index (κ2) is 4.59. The van der Waals surface area contributed by atoms with Crippen LogP contribution in [-0.4, -0.2) is 0 Å². The van der Waals surface area contributed by atoms with Crippen LogP contribution in [-0.2, 0) is 5.51 Å². The van der Waals surface area contributed by atoms with Crippen LogP contribution in [0.3, 0.4) is 0 Å². The zero-order valence-corrected chi connectivity index (χ0v) is 10.9. The van der Waals surface area contributed by atoms with Gasteiger partial charge in [0, 0.05) is 23.1 Å². The lowest BCUT2D eigenvalue weighted by molar-refractivity contribution is -0.0864. The van der Waals surface area contributed by atoms with E-state index in [1.165, 1.54) is 18.2 Å². The minimum Gasteiger partial charge on any atom is -0.207 e. The fourth-order valence-corrected chi connectivity index (χ4v) is 4.12. The maximum atomic E-state index is 13.4. The third kappa shape index (κ3) is 2.18. The highest BCUT2D eigenvalue weighted by atomic mass is 32.2. The van der Waals surface area contributed by atoms with Crippen molar-refractivity contribution in [1.82, 2.24) is 0 Å². The van der Waals surface area contributed by atoms with E-state index in [1.54, 1.807) is 30.3 Å². The first-order valence-electron chi connectivity index (χ1n) is 5.84. The average Bonchev–Trinajstić information content (AvgIpc) is 2.78. The summed E-state index contributed by atoms with van der Waals surface area (Å²) in [6.07, 6.45) is 0. The van der Waals surface area contributed by atoms with Gasteiger partial charge in [-0.2, -0.15) is 0 Å². The van der Waals surface area contributed by atoms with Gasteiger partial charge in [-0.3, -0.25) is 0 Å². The largest absolute Gasteiger partial charge is 0.601 e. The zero-order chi connectivity index (χ0) is 14.3. The van der Waals surface area contributed by atoms with E-state index in [1.807, 2.05) is 0 Å². The molecule has 0 saturated carbocycles. The van der Waals surface area contributed by atoms with E-state index >= 15 is 0 Å². The fourth-order valence-electron chi connectivity index (χ4n) is 2.18. The lowest BCUT2D eigenvalue weighted by atomic mass is 10.1. The summed E-state index contributed by atoms with van der Waals surface area (Å²) in [6, 6.07) is 13.5. The summed E-state index contributed by atoms with van der Waals surface area (Å²) in [7, 11) is -2.10. The molecule has 0 saturated heterocycles. The van der Waals surface area contributed by atoms with Gasteiger partial charge in [0.25, 0.3) is 0 Å². The number of rotatable bonds is 1. The molecule has 1 atom stereocenters. The van der Waals surface area contributed by atoms with E-state index < -0.39 is 21.8 Å². The zero-order valence-electron chi connectivity index (χ0n) is 10.1. The van der Waals surface area contributed by atoms with Crippen LogP contribution in [0.5, 0.6) is 0 Å². The molecule has 0 radical (unpaired) electrons. The maximum Gasteiger partial charge on any atom is 0.601 e. The van der Waals surface area contributed by atoms with Crippen LogP contribution in [0.2, 0.25) is 0 Å². The van der Waals surface area contributed by atoms with Gasteiger partial charge in [-0.15, -0.1) is 13.2 Å². The molecular formula is C15H9F4S+. The molecule has 1 aromatic heterocycles. The normalized spacial score (nSPS) is 12.9. The first-order valence-corrected chi connectivity index (χ1v) is 7.07. The summed E-state index contributed by atoms with van der Waals surface area (Å²) < 4.78 is 53.3. The molecule has 0 aliphatic heterocycles. The lowest BCUT2D eigenvalue weighted by Gasteiger charge is -2.00. The average molecular weight is 297 g/mol. The highest BCUT2D eigenvalue weighted by Gasteiger charge is 2.48. The number of benzene rings is 2. The van der Waals surface area contributed by atoms with E-state index in [0.717, 1.165) is 6.07 Å². The molecular weight excluding hydrogens is 288 g/mol. The Hall–Kier alpha value is -1.88. The third-order valence-electron chi connectivity index (χ3n) is 2.99. The van der Waals surface area contributed by atoms with E-state index in [9.17, 15) is 17.6 Å². The van der Waals surface area contributed by atoms with Gasteiger partial charge >= 0.3 is 5.51 Å². The smallest absolute Gasteiger partial charge is 0.207 e. The number of thiophene rings is 1. The molecule has 3 rings (SSSR count). The summed E-state index contributed by atoms with van der Waals surface area (Å²) in [4.78, 5) is 0.193. The molecule has 0 nitrogen and oxygen atoms in total. The Morgan fingerprint density at radius 3 is 2.20 bits per heavy atom. The molecule has 0 bridgehead atoms. The van der Waals surface area contributed by atoms with Gasteiger partial charge in [0.05, 0.1) is 0 Å². The second-order valence-corrected chi connectivity index (χ2v) is 6.26. The number of alkyl halides is 3. The van der Waals surface area contributed by atoms with Gasteiger partial charge in [-0.25, -0.2) is 4.39 Å². The highest BCUT2D eigenvalue weighted by Crippen LogP contribution is 2.54. The molecule has 0 N–H and O–H groups in total. The van der Waals surface area contributed by atoms with Crippen molar-refractivity contribution >= 4 is 20.6 Å². The van der Waals surface area contributed by atoms with Crippen molar-refractivity contribution in [3.05, 3.63) is 60.4 Å². The molecule has 0 amide bonds. The van der Waals surface area contributed by atoms with E-state index in [-0.39, 0.29) is 9.58 Å². The van der Waals surface area contributed by atoms with Crippen molar-refractivity contribution in [3.8, 4) is 10.4 Å². The molecule has 1 heterocycles. The SMILES string of the molecule is Fc1ccc2cc(-c3ccccc3)[s+](C(F)(F)F)c2c1. The Bertz CT molecular complexity index is 757. The summed E-state index contributed by atoms with van der Waals surface area (Å²) >= 11 is 0. The summed E-state index contributed by atoms with van der Waals surface area (Å²) in [5, 5.41) is 0.436. The number of hydrogen-bond donors (Lipinski definition) is 0. The maximum absolute atomic E-state index is 13.4. The molecule has 0 spiro atoms. The van der Waals surface area contributed by atoms with Crippen LogP contribution in [0.15, 0.2) is 54.6 Å². The van der Waals surface area contributed by atoms with Gasteiger partial charge < -0.3 is 0 Å². The first kappa shape index (κ1) is 13.1. The van der Waals surface area contributed by atoms with Crippen LogP contribution in [0.4, 0.5) is 17.6 Å². The van der Waals surface area contributed by atoms with Crippen LogP contribution in [0.1, 0.15) is 0 Å². The molecule has 0 aliphatic carbocycles. The monoisotopic (exact) mass is 297 g/mol. The van der Waals surface area contributed by atoms with E-state index in [2.05, 4.69) is 0 Å². The summed E-state index contributed by atoms with van der Waals surface area (Å²) in [5.74, 6) is -0.645. The van der Waals surface area contributed by atoms with Gasteiger partial charge in [0.15, 0.2) is 9.58 Å². The molecule has 102 valence electrons. The number of hydrogen-bond acceptors (Lipinski definition) is 0. The number of fused-ring (bicyclic) bond motifs is 1. The van der Waals surface area contributed by atoms with Crippen molar-refractivity contribution < 1.29 is 17.6 Å². The van der Waals surface area contributed by atoms with Gasteiger partial charge in [0.2, 0.25) is 0 Å². The molecule has 1 unspecified atom stereocenters. The van der Waals surface area contributed by atoms with Crippen LogP contribution in [0.25, 0.3) is 20.5 Å². The summed E-state index contributed by atoms with van der Waals surface area (Å²) in [5.41, 5.74) is -3.90. The Labute approximate surface area is 115 Å². The van der Waals surface area contributed by atoms with E-state index in [4.69, 9.17) is 0 Å². The number of halogens is 4. The van der Waals surface area contributed by atoms with Crippen molar-refractivity contribution in [2.24, 2.45) is 0 Å². The van der Waals surface area contributed by atoms with Crippen molar-refractivity contribution in [2.75, 3.05) is 0 Å². The molecule has 5 heteroatoms. The lowest BCUT2D eigenvalue weighted by Crippen LogP contribution is -1.96. The van der Waals surface area contributed by atoms with Crippen molar-refractivity contribution in [1.29, 1.82) is 0 Å². The Kier molecular flexibility index (Phi) is 3.01. The Balaban J connectivity index is 2.37. The standard InChI is InChI=1S/C15H9F4S/c16-12-7-6-11-8-13(10-4-2-1-3-5-10)20(14(11)9-12)15(17,18)19/h1-9H/q+1. The van der Waals surface area contributed by atoms with Gasteiger partial charge in [0.1, 0.15) is 16.3 Å². The molecule has 0 fully saturated rings. The molecule has 20 heavy (non-hydrogen) atoms. The first-order chi connectivity index (χ1) is 9.47. The predicted molar refractivity (Wildman–Crippen MR) is 73.1 cm³/mol. The molecule has 3 aromatic rings. The minimum absolute atomic E-state index is 0.0105. The van der Waals surface area contributed by atoms with Crippen molar-refractivity contribution in [2.45, 2.75) is 5.51 Å². The second-order valence-electron chi connectivity index (χ2n) is 4.31. The molecule has 2 aromatic carbocycles. The molecule has 0 aliphatic rings. The van der Waals surface area contributed by atoms with Crippen LogP contribution >= 0.6 is 10.5 Å². The fraction of sp³-hybridized carbons (Fsp3) is 0.0667. The van der Waals surface area contributed by atoms with Gasteiger partial charge in [-0.05, 0) is 24.3 Å². The minimum atomic E-state index is -4.42. The predicted octanol–water partition coefficient (Wildman–Crippen LogP) is 5.87. The third-order valence-corrected chi connectivity index (χ3v) is 5.04. The van der Waals surface area contributed by atoms with Gasteiger partial charge in [-0.1, -0.05) is 18.2 Å². The Morgan fingerprint density at radius 2 is 1.55 bits per heavy atom. The van der Waals surface area contributed by atoms with Crippen LogP contribution < -0.4 is 0 Å². The Morgan fingerprint density at radius 1 is 0.850 bits per heavy atom. The van der Waals surface area contributed by atoms with Crippen molar-refractivity contribution in [3.63, 3.8) is 0 Å². The quantitative estimate of drug-likeness (QED) is 0.389. The summed E-state index contributed by atoms with van der Waals surface area (Å²) in [6.45, 7) is 0.